The second kappa shape index (κ2) is 3.92. The molecule has 14 heavy (non-hydrogen) atoms. The summed E-state index contributed by atoms with van der Waals surface area (Å²) in [6.45, 7) is 3.88. The van der Waals surface area contributed by atoms with E-state index in [0.717, 1.165) is 31.0 Å². The molecule has 2 heterocycles. The first-order valence-corrected chi connectivity index (χ1v) is 4.87. The van der Waals surface area contributed by atoms with Gasteiger partial charge in [-0.15, -0.1) is 5.10 Å². The third kappa shape index (κ3) is 1.85. The van der Waals surface area contributed by atoms with Crippen LogP contribution in [0.15, 0.2) is 12.1 Å². The van der Waals surface area contributed by atoms with Crippen LogP contribution < -0.4 is 4.90 Å². The Bertz CT molecular complexity index is 299. The largest absolute Gasteiger partial charge is 0.380 e. The molecule has 1 unspecified atom stereocenters. The minimum absolute atomic E-state index is 0.345. The normalized spacial score (nSPS) is 21.6. The molecule has 1 atom stereocenters. The maximum Gasteiger partial charge on any atom is 0.151 e. The maximum atomic E-state index is 5.30. The predicted octanol–water partition coefficient (Wildman–Crippen LogP) is 1.01. The van der Waals surface area contributed by atoms with E-state index in [1.165, 1.54) is 0 Å². The third-order valence-electron chi connectivity index (χ3n) is 2.59. The average Bonchev–Trinajstić information content (AvgIpc) is 2.67. The minimum atomic E-state index is 0.345. The van der Waals surface area contributed by atoms with Crippen molar-refractivity contribution in [2.24, 2.45) is 0 Å². The van der Waals surface area contributed by atoms with E-state index in [1.807, 2.05) is 19.1 Å². The molecule has 0 amide bonds. The fourth-order valence-corrected chi connectivity index (χ4v) is 1.69. The van der Waals surface area contributed by atoms with Gasteiger partial charge in [-0.2, -0.15) is 5.10 Å². The van der Waals surface area contributed by atoms with E-state index in [2.05, 4.69) is 15.1 Å². The number of aromatic nitrogens is 2. The Labute approximate surface area is 83.9 Å². The summed E-state index contributed by atoms with van der Waals surface area (Å²) in [7, 11) is 1.76. The first-order chi connectivity index (χ1) is 6.79. The quantitative estimate of drug-likeness (QED) is 0.702. The summed E-state index contributed by atoms with van der Waals surface area (Å²) in [5.74, 6) is 0.954. The first-order valence-electron chi connectivity index (χ1n) is 4.87. The van der Waals surface area contributed by atoms with Crippen LogP contribution in [0.1, 0.15) is 12.1 Å². The molecule has 1 fully saturated rings. The lowest BCUT2D eigenvalue weighted by atomic mass is 10.3. The summed E-state index contributed by atoms with van der Waals surface area (Å²) in [5, 5.41) is 8.19. The molecule has 0 N–H and O–H groups in total. The predicted molar refractivity (Wildman–Crippen MR) is 54.4 cm³/mol. The summed E-state index contributed by atoms with van der Waals surface area (Å²) in [4.78, 5) is 2.21. The molecular weight excluding hydrogens is 178 g/mol. The van der Waals surface area contributed by atoms with Crippen LogP contribution in [0.25, 0.3) is 0 Å². The summed E-state index contributed by atoms with van der Waals surface area (Å²) in [6, 6.07) is 4.00. The molecular formula is C10H15N3O. The van der Waals surface area contributed by atoms with Crippen LogP contribution in [0.4, 0.5) is 5.82 Å². The molecule has 4 heteroatoms. The fourth-order valence-electron chi connectivity index (χ4n) is 1.69. The topological polar surface area (TPSA) is 38.2 Å². The molecule has 0 spiro atoms. The van der Waals surface area contributed by atoms with Crippen molar-refractivity contribution < 1.29 is 4.74 Å². The van der Waals surface area contributed by atoms with Crippen LogP contribution in [0.3, 0.4) is 0 Å². The molecule has 4 nitrogen and oxygen atoms in total. The van der Waals surface area contributed by atoms with Gasteiger partial charge in [0.2, 0.25) is 0 Å². The van der Waals surface area contributed by atoms with Crippen LogP contribution in [-0.4, -0.2) is 36.5 Å². The minimum Gasteiger partial charge on any atom is -0.380 e. The summed E-state index contributed by atoms with van der Waals surface area (Å²) in [6.07, 6.45) is 1.42. The standard InChI is InChI=1S/C10H15N3O/c1-8-3-4-10(12-11-8)13-6-5-9(7-13)14-2/h3-4,9H,5-7H2,1-2H3. The molecule has 1 aromatic heterocycles. The molecule has 1 aliphatic rings. The van der Waals surface area contributed by atoms with E-state index in [4.69, 9.17) is 4.74 Å². The molecule has 1 saturated heterocycles. The van der Waals surface area contributed by atoms with Crippen LogP contribution >= 0.6 is 0 Å². The number of hydrogen-bond acceptors (Lipinski definition) is 4. The summed E-state index contributed by atoms with van der Waals surface area (Å²) < 4.78 is 5.30. The number of nitrogens with zero attached hydrogens (tertiary/aromatic N) is 3. The number of ether oxygens (including phenoxy) is 1. The van der Waals surface area contributed by atoms with Gasteiger partial charge in [0.15, 0.2) is 5.82 Å². The second-order valence-corrected chi connectivity index (χ2v) is 3.63. The van der Waals surface area contributed by atoms with Crippen molar-refractivity contribution in [3.8, 4) is 0 Å². The lowest BCUT2D eigenvalue weighted by Gasteiger charge is -2.15. The van der Waals surface area contributed by atoms with Crippen molar-refractivity contribution in [2.75, 3.05) is 25.1 Å². The van der Waals surface area contributed by atoms with Crippen molar-refractivity contribution in [3.05, 3.63) is 17.8 Å². The number of rotatable bonds is 2. The van der Waals surface area contributed by atoms with Crippen molar-refractivity contribution in [1.29, 1.82) is 0 Å². The smallest absolute Gasteiger partial charge is 0.151 e. The van der Waals surface area contributed by atoms with Gasteiger partial charge in [0.25, 0.3) is 0 Å². The highest BCUT2D eigenvalue weighted by molar-refractivity contribution is 5.38. The van der Waals surface area contributed by atoms with Crippen LogP contribution in [-0.2, 0) is 4.74 Å². The Hall–Kier alpha value is -1.16. The van der Waals surface area contributed by atoms with Gasteiger partial charge in [0.05, 0.1) is 11.8 Å². The zero-order valence-corrected chi connectivity index (χ0v) is 8.60. The lowest BCUT2D eigenvalue weighted by Crippen LogP contribution is -2.23. The maximum absolute atomic E-state index is 5.30. The zero-order valence-electron chi connectivity index (χ0n) is 8.60. The first kappa shape index (κ1) is 9.40. The van der Waals surface area contributed by atoms with Crippen molar-refractivity contribution >= 4 is 5.82 Å². The van der Waals surface area contributed by atoms with E-state index in [9.17, 15) is 0 Å². The molecule has 1 aromatic rings. The van der Waals surface area contributed by atoms with Gasteiger partial charge in [0, 0.05) is 20.2 Å². The molecule has 0 aliphatic carbocycles. The Balaban J connectivity index is 2.06. The van der Waals surface area contributed by atoms with Gasteiger partial charge in [-0.1, -0.05) is 0 Å². The van der Waals surface area contributed by atoms with Gasteiger partial charge in [-0.05, 0) is 25.5 Å². The number of aryl methyl sites for hydroxylation is 1. The molecule has 2 rings (SSSR count). The summed E-state index contributed by atoms with van der Waals surface area (Å²) >= 11 is 0. The monoisotopic (exact) mass is 193 g/mol. The van der Waals surface area contributed by atoms with Crippen LogP contribution in [0.5, 0.6) is 0 Å². The molecule has 0 bridgehead atoms. The average molecular weight is 193 g/mol. The Kier molecular flexibility index (Phi) is 2.63. The summed E-state index contributed by atoms with van der Waals surface area (Å²) in [5.41, 5.74) is 0.955. The zero-order chi connectivity index (χ0) is 9.97. The third-order valence-corrected chi connectivity index (χ3v) is 2.59. The van der Waals surface area contributed by atoms with Gasteiger partial charge in [-0.25, -0.2) is 0 Å². The highest BCUT2D eigenvalue weighted by atomic mass is 16.5. The lowest BCUT2D eigenvalue weighted by molar-refractivity contribution is 0.121. The molecule has 76 valence electrons. The Morgan fingerprint density at radius 2 is 2.29 bits per heavy atom. The molecule has 1 aliphatic heterocycles. The number of hydrogen-bond donors (Lipinski definition) is 0. The molecule has 0 aromatic carbocycles. The van der Waals surface area contributed by atoms with Crippen LogP contribution in [0, 0.1) is 6.92 Å². The Morgan fingerprint density at radius 1 is 1.43 bits per heavy atom. The molecule has 0 saturated carbocycles. The number of anilines is 1. The van der Waals surface area contributed by atoms with E-state index >= 15 is 0 Å². The van der Waals surface area contributed by atoms with E-state index < -0.39 is 0 Å². The van der Waals surface area contributed by atoms with Crippen LogP contribution in [0.2, 0.25) is 0 Å². The fraction of sp³-hybridized carbons (Fsp3) is 0.600. The van der Waals surface area contributed by atoms with E-state index in [1.54, 1.807) is 7.11 Å². The van der Waals surface area contributed by atoms with Gasteiger partial charge in [0.1, 0.15) is 0 Å². The number of methoxy groups -OCH3 is 1. The van der Waals surface area contributed by atoms with Crippen molar-refractivity contribution in [3.63, 3.8) is 0 Å². The highest BCUT2D eigenvalue weighted by Gasteiger charge is 2.22. The highest BCUT2D eigenvalue weighted by Crippen LogP contribution is 2.18. The van der Waals surface area contributed by atoms with E-state index in [-0.39, 0.29) is 0 Å². The van der Waals surface area contributed by atoms with Gasteiger partial charge < -0.3 is 9.64 Å². The molecule has 0 radical (unpaired) electrons. The van der Waals surface area contributed by atoms with Gasteiger partial charge >= 0.3 is 0 Å². The van der Waals surface area contributed by atoms with Crippen molar-refractivity contribution in [2.45, 2.75) is 19.4 Å². The second-order valence-electron chi connectivity index (χ2n) is 3.63. The van der Waals surface area contributed by atoms with Gasteiger partial charge in [-0.3, -0.25) is 0 Å². The SMILES string of the molecule is COC1CCN(c2ccc(C)nn2)C1. The van der Waals surface area contributed by atoms with Crippen molar-refractivity contribution in [1.82, 2.24) is 10.2 Å². The Morgan fingerprint density at radius 3 is 2.86 bits per heavy atom. The van der Waals surface area contributed by atoms with E-state index in [0.29, 0.717) is 6.10 Å².